The molecule has 1 amide bonds. The number of nitrogens with two attached hydrogens (primary N) is 1. The van der Waals surface area contributed by atoms with Crippen molar-refractivity contribution in [3.05, 3.63) is 0 Å². The van der Waals surface area contributed by atoms with Gasteiger partial charge in [-0.1, -0.05) is 0 Å². The molecule has 1 unspecified atom stereocenters. The molecule has 1 aliphatic rings. The number of hydrogen-bond donors (Lipinski definition) is 2. The molecule has 3 N–H and O–H groups in total. The van der Waals surface area contributed by atoms with Crippen molar-refractivity contribution in [2.24, 2.45) is 5.73 Å². The van der Waals surface area contributed by atoms with Gasteiger partial charge in [-0.3, -0.25) is 4.79 Å². The molecule has 4 heteroatoms. The van der Waals surface area contributed by atoms with Crippen LogP contribution in [0.5, 0.6) is 0 Å². The summed E-state index contributed by atoms with van der Waals surface area (Å²) in [6.07, 6.45) is 2.78. The highest BCUT2D eigenvalue weighted by molar-refractivity contribution is 5.85. The molecule has 3 nitrogen and oxygen atoms in total. The lowest BCUT2D eigenvalue weighted by atomic mass is 10.1. The van der Waals surface area contributed by atoms with Crippen molar-refractivity contribution in [1.29, 1.82) is 0 Å². The average molecular weight is 165 g/mol. The lowest BCUT2D eigenvalue weighted by Gasteiger charge is -2.04. The van der Waals surface area contributed by atoms with Gasteiger partial charge in [-0.05, 0) is 19.4 Å². The van der Waals surface area contributed by atoms with Gasteiger partial charge in [0.2, 0.25) is 5.91 Å². The number of halogens is 1. The van der Waals surface area contributed by atoms with Crippen LogP contribution in [0.1, 0.15) is 19.3 Å². The van der Waals surface area contributed by atoms with Gasteiger partial charge in [-0.25, -0.2) is 0 Å². The third-order valence-electron chi connectivity index (χ3n) is 1.61. The molecular weight excluding hydrogens is 152 g/mol. The summed E-state index contributed by atoms with van der Waals surface area (Å²) in [7, 11) is 0. The first-order chi connectivity index (χ1) is 4.29. The third-order valence-corrected chi connectivity index (χ3v) is 1.61. The van der Waals surface area contributed by atoms with Crippen LogP contribution in [-0.4, -0.2) is 18.5 Å². The SMILES string of the molecule is Cl.NC(=O)CC1CCCN1. The maximum atomic E-state index is 10.3. The van der Waals surface area contributed by atoms with E-state index in [1.165, 1.54) is 6.42 Å². The summed E-state index contributed by atoms with van der Waals surface area (Å²) in [5.74, 6) is -0.200. The Kier molecular flexibility index (Phi) is 4.40. The Morgan fingerprint density at radius 2 is 2.40 bits per heavy atom. The molecule has 0 radical (unpaired) electrons. The molecule has 60 valence electrons. The molecule has 0 saturated carbocycles. The van der Waals surface area contributed by atoms with Crippen LogP contribution >= 0.6 is 12.4 Å². The molecule has 10 heavy (non-hydrogen) atoms. The van der Waals surface area contributed by atoms with Gasteiger partial charge in [-0.2, -0.15) is 0 Å². The van der Waals surface area contributed by atoms with Crippen LogP contribution in [0.4, 0.5) is 0 Å². The molecule has 1 fully saturated rings. The zero-order valence-electron chi connectivity index (χ0n) is 5.80. The number of primary amides is 1. The quantitative estimate of drug-likeness (QED) is 0.606. The fourth-order valence-electron chi connectivity index (χ4n) is 1.17. The first kappa shape index (κ1) is 9.72. The predicted octanol–water partition coefficient (Wildman–Crippen LogP) is 0.0356. The smallest absolute Gasteiger partial charge is 0.218 e. The molecule has 0 aliphatic carbocycles. The fourth-order valence-corrected chi connectivity index (χ4v) is 1.17. The van der Waals surface area contributed by atoms with Crippen molar-refractivity contribution in [2.75, 3.05) is 6.54 Å². The van der Waals surface area contributed by atoms with Crippen LogP contribution in [0.15, 0.2) is 0 Å². The van der Waals surface area contributed by atoms with Crippen molar-refractivity contribution >= 4 is 18.3 Å². The average Bonchev–Trinajstić information content (AvgIpc) is 2.15. The number of amides is 1. The second kappa shape index (κ2) is 4.52. The maximum absolute atomic E-state index is 10.3. The summed E-state index contributed by atoms with van der Waals surface area (Å²) in [6.45, 7) is 1.04. The van der Waals surface area contributed by atoms with Gasteiger partial charge in [0, 0.05) is 12.5 Å². The maximum Gasteiger partial charge on any atom is 0.218 e. The molecule has 1 atom stereocenters. The lowest BCUT2D eigenvalue weighted by Crippen LogP contribution is -2.27. The van der Waals surface area contributed by atoms with Crippen LogP contribution < -0.4 is 11.1 Å². The second-order valence-corrected chi connectivity index (χ2v) is 2.46. The van der Waals surface area contributed by atoms with E-state index >= 15 is 0 Å². The first-order valence-corrected chi connectivity index (χ1v) is 3.31. The monoisotopic (exact) mass is 164 g/mol. The largest absolute Gasteiger partial charge is 0.370 e. The van der Waals surface area contributed by atoms with Crippen LogP contribution in [-0.2, 0) is 4.79 Å². The van der Waals surface area contributed by atoms with Gasteiger partial charge in [0.1, 0.15) is 0 Å². The standard InChI is InChI=1S/C6H12N2O.ClH/c7-6(9)4-5-2-1-3-8-5;/h5,8H,1-4H2,(H2,7,9);1H. The Balaban J connectivity index is 0.000000810. The Hall–Kier alpha value is -0.280. The Morgan fingerprint density at radius 1 is 1.70 bits per heavy atom. The van der Waals surface area contributed by atoms with Crippen molar-refractivity contribution in [3.8, 4) is 0 Å². The highest BCUT2D eigenvalue weighted by Gasteiger charge is 2.15. The molecule has 1 saturated heterocycles. The minimum absolute atomic E-state index is 0. The van der Waals surface area contributed by atoms with Crippen molar-refractivity contribution in [3.63, 3.8) is 0 Å². The highest BCUT2D eigenvalue weighted by Crippen LogP contribution is 2.07. The van der Waals surface area contributed by atoms with Gasteiger partial charge in [0.05, 0.1) is 0 Å². The van der Waals surface area contributed by atoms with Gasteiger partial charge in [0.15, 0.2) is 0 Å². The van der Waals surface area contributed by atoms with Crippen LogP contribution in [0.2, 0.25) is 0 Å². The number of hydrogen-bond acceptors (Lipinski definition) is 2. The highest BCUT2D eigenvalue weighted by atomic mass is 35.5. The van der Waals surface area contributed by atoms with Crippen molar-refractivity contribution < 1.29 is 4.79 Å². The Morgan fingerprint density at radius 3 is 2.80 bits per heavy atom. The zero-order valence-corrected chi connectivity index (χ0v) is 6.62. The molecule has 0 bridgehead atoms. The van der Waals surface area contributed by atoms with E-state index in [1.807, 2.05) is 0 Å². The van der Waals surface area contributed by atoms with Crippen molar-refractivity contribution in [1.82, 2.24) is 5.32 Å². The molecule has 0 aromatic heterocycles. The van der Waals surface area contributed by atoms with E-state index in [1.54, 1.807) is 0 Å². The van der Waals surface area contributed by atoms with Gasteiger partial charge >= 0.3 is 0 Å². The number of nitrogens with one attached hydrogen (secondary N) is 1. The van der Waals surface area contributed by atoms with Gasteiger partial charge < -0.3 is 11.1 Å². The summed E-state index contributed by atoms with van der Waals surface area (Å²) in [5.41, 5.74) is 4.99. The minimum Gasteiger partial charge on any atom is -0.370 e. The number of carbonyl (C=O) groups excluding carboxylic acids is 1. The summed E-state index contributed by atoms with van der Waals surface area (Å²) in [4.78, 5) is 10.3. The molecule has 1 aliphatic heterocycles. The van der Waals surface area contributed by atoms with Crippen LogP contribution in [0.25, 0.3) is 0 Å². The van der Waals surface area contributed by atoms with E-state index in [4.69, 9.17) is 5.73 Å². The molecule has 1 heterocycles. The summed E-state index contributed by atoms with van der Waals surface area (Å²) < 4.78 is 0. The van der Waals surface area contributed by atoms with E-state index in [2.05, 4.69) is 5.32 Å². The molecular formula is C6H13ClN2O. The Bertz CT molecular complexity index is 112. The number of rotatable bonds is 2. The van der Waals surface area contributed by atoms with E-state index in [-0.39, 0.29) is 18.3 Å². The minimum atomic E-state index is -0.200. The molecule has 0 aromatic rings. The van der Waals surface area contributed by atoms with E-state index in [9.17, 15) is 4.79 Å². The van der Waals surface area contributed by atoms with Crippen molar-refractivity contribution in [2.45, 2.75) is 25.3 Å². The van der Waals surface area contributed by atoms with Gasteiger partial charge in [-0.15, -0.1) is 12.4 Å². The van der Waals surface area contributed by atoms with E-state index in [0.717, 1.165) is 13.0 Å². The number of carbonyl (C=O) groups is 1. The van der Waals surface area contributed by atoms with Gasteiger partial charge in [0.25, 0.3) is 0 Å². The first-order valence-electron chi connectivity index (χ1n) is 3.31. The second-order valence-electron chi connectivity index (χ2n) is 2.46. The normalized spacial score (nSPS) is 23.8. The molecule has 0 spiro atoms. The van der Waals surface area contributed by atoms with Crippen LogP contribution in [0.3, 0.4) is 0 Å². The molecule has 1 rings (SSSR count). The molecule has 0 aromatic carbocycles. The Labute approximate surface area is 66.8 Å². The zero-order chi connectivity index (χ0) is 6.69. The summed E-state index contributed by atoms with van der Waals surface area (Å²) >= 11 is 0. The summed E-state index contributed by atoms with van der Waals surface area (Å²) in [5, 5.41) is 3.19. The topological polar surface area (TPSA) is 55.1 Å². The fraction of sp³-hybridized carbons (Fsp3) is 0.833. The lowest BCUT2D eigenvalue weighted by molar-refractivity contribution is -0.118. The predicted molar refractivity (Wildman–Crippen MR) is 42.1 cm³/mol. The van der Waals surface area contributed by atoms with Crippen LogP contribution in [0, 0.1) is 0 Å². The van der Waals surface area contributed by atoms with E-state index in [0.29, 0.717) is 12.5 Å². The summed E-state index contributed by atoms with van der Waals surface area (Å²) in [6, 6.07) is 0.363. The third kappa shape index (κ3) is 3.03. The van der Waals surface area contributed by atoms with E-state index < -0.39 is 0 Å².